The highest BCUT2D eigenvalue weighted by Gasteiger charge is 2.42. The Morgan fingerprint density at radius 1 is 0.875 bits per heavy atom. The molecule has 0 spiro atoms. The molecule has 0 heterocycles. The average molecular weight is 325 g/mol. The van der Waals surface area contributed by atoms with Crippen LogP contribution < -0.4 is 14.8 Å². The minimum Gasteiger partial charge on any atom is -0.497 e. The zero-order valence-corrected chi connectivity index (χ0v) is 14.2. The minimum atomic E-state index is -0.452. The number of methoxy groups -OCH3 is 2. The fourth-order valence-electron chi connectivity index (χ4n) is 3.46. The van der Waals surface area contributed by atoms with Crippen molar-refractivity contribution in [3.63, 3.8) is 0 Å². The number of rotatable bonds is 5. The Balaban J connectivity index is 1.84. The summed E-state index contributed by atoms with van der Waals surface area (Å²) in [6.07, 6.45) is 3.90. The van der Waals surface area contributed by atoms with Crippen LogP contribution in [0.2, 0.25) is 0 Å². The molecule has 24 heavy (non-hydrogen) atoms. The van der Waals surface area contributed by atoms with Gasteiger partial charge in [0.05, 0.1) is 19.6 Å². The Morgan fingerprint density at radius 3 is 1.88 bits per heavy atom. The van der Waals surface area contributed by atoms with Crippen molar-refractivity contribution < 1.29 is 14.3 Å². The molecule has 1 saturated carbocycles. The normalized spacial score (nSPS) is 15.8. The zero-order valence-electron chi connectivity index (χ0n) is 14.2. The molecular formula is C20H23NO3. The Hall–Kier alpha value is -2.49. The SMILES string of the molecule is COc1ccc(NC(=O)C2(c3ccc(OC)cc3)CCCC2)cc1. The topological polar surface area (TPSA) is 47.6 Å². The molecule has 0 aromatic heterocycles. The fourth-order valence-corrected chi connectivity index (χ4v) is 3.46. The molecule has 1 amide bonds. The van der Waals surface area contributed by atoms with Gasteiger partial charge in [-0.1, -0.05) is 25.0 Å². The van der Waals surface area contributed by atoms with Gasteiger partial charge < -0.3 is 14.8 Å². The van der Waals surface area contributed by atoms with E-state index >= 15 is 0 Å². The number of hydrogen-bond donors (Lipinski definition) is 1. The summed E-state index contributed by atoms with van der Waals surface area (Å²) in [6, 6.07) is 15.3. The van der Waals surface area contributed by atoms with Crippen molar-refractivity contribution in [1.82, 2.24) is 0 Å². The second kappa shape index (κ2) is 6.95. The third kappa shape index (κ3) is 3.09. The van der Waals surface area contributed by atoms with Crippen LogP contribution in [0.5, 0.6) is 11.5 Å². The van der Waals surface area contributed by atoms with Gasteiger partial charge in [-0.15, -0.1) is 0 Å². The quantitative estimate of drug-likeness (QED) is 0.898. The van der Waals surface area contributed by atoms with E-state index in [0.29, 0.717) is 0 Å². The Morgan fingerprint density at radius 2 is 1.38 bits per heavy atom. The van der Waals surface area contributed by atoms with Crippen molar-refractivity contribution in [2.24, 2.45) is 0 Å². The van der Waals surface area contributed by atoms with Gasteiger partial charge in [0.2, 0.25) is 5.91 Å². The highest BCUT2D eigenvalue weighted by molar-refractivity contribution is 5.99. The van der Waals surface area contributed by atoms with Gasteiger partial charge in [-0.25, -0.2) is 0 Å². The van der Waals surface area contributed by atoms with Crippen LogP contribution in [0.4, 0.5) is 5.69 Å². The van der Waals surface area contributed by atoms with E-state index in [1.54, 1.807) is 14.2 Å². The first-order chi connectivity index (χ1) is 11.7. The van der Waals surface area contributed by atoms with Crippen molar-refractivity contribution in [3.05, 3.63) is 54.1 Å². The lowest BCUT2D eigenvalue weighted by molar-refractivity contribution is -0.121. The van der Waals surface area contributed by atoms with Gasteiger partial charge >= 0.3 is 0 Å². The summed E-state index contributed by atoms with van der Waals surface area (Å²) in [7, 11) is 3.28. The number of ether oxygens (including phenoxy) is 2. The first-order valence-corrected chi connectivity index (χ1v) is 8.28. The van der Waals surface area contributed by atoms with Crippen molar-refractivity contribution in [2.75, 3.05) is 19.5 Å². The second-order valence-corrected chi connectivity index (χ2v) is 6.20. The van der Waals surface area contributed by atoms with Gasteiger partial charge in [0.25, 0.3) is 0 Å². The molecule has 3 rings (SSSR count). The first kappa shape index (κ1) is 16.4. The van der Waals surface area contributed by atoms with Crippen LogP contribution in [0, 0.1) is 0 Å². The van der Waals surface area contributed by atoms with E-state index in [-0.39, 0.29) is 5.91 Å². The Kier molecular flexibility index (Phi) is 4.74. The van der Waals surface area contributed by atoms with Crippen molar-refractivity contribution in [3.8, 4) is 11.5 Å². The lowest BCUT2D eigenvalue weighted by atomic mass is 9.78. The van der Waals surface area contributed by atoms with Crippen LogP contribution in [-0.4, -0.2) is 20.1 Å². The minimum absolute atomic E-state index is 0.0651. The van der Waals surface area contributed by atoms with E-state index in [9.17, 15) is 4.79 Å². The number of amides is 1. The number of hydrogen-bond acceptors (Lipinski definition) is 3. The lowest BCUT2D eigenvalue weighted by Gasteiger charge is -2.28. The molecule has 2 aromatic rings. The summed E-state index contributed by atoms with van der Waals surface area (Å²) in [5.41, 5.74) is 1.40. The second-order valence-electron chi connectivity index (χ2n) is 6.20. The summed E-state index contributed by atoms with van der Waals surface area (Å²) < 4.78 is 10.4. The van der Waals surface area contributed by atoms with Crippen molar-refractivity contribution in [1.29, 1.82) is 0 Å². The van der Waals surface area contributed by atoms with E-state index in [4.69, 9.17) is 9.47 Å². The molecule has 0 unspecified atom stereocenters. The highest BCUT2D eigenvalue weighted by atomic mass is 16.5. The van der Waals surface area contributed by atoms with Gasteiger partial charge in [-0.2, -0.15) is 0 Å². The largest absolute Gasteiger partial charge is 0.497 e. The number of nitrogens with one attached hydrogen (secondary N) is 1. The van der Waals surface area contributed by atoms with Crippen LogP contribution >= 0.6 is 0 Å². The molecule has 0 radical (unpaired) electrons. The number of anilines is 1. The lowest BCUT2D eigenvalue weighted by Crippen LogP contribution is -2.37. The van der Waals surface area contributed by atoms with E-state index in [1.807, 2.05) is 48.5 Å². The van der Waals surface area contributed by atoms with Crippen molar-refractivity contribution >= 4 is 11.6 Å². The zero-order chi connectivity index (χ0) is 17.0. The number of benzene rings is 2. The van der Waals surface area contributed by atoms with Gasteiger partial charge in [0.1, 0.15) is 11.5 Å². The van der Waals surface area contributed by atoms with Gasteiger partial charge in [0.15, 0.2) is 0 Å². The maximum atomic E-state index is 13.1. The summed E-state index contributed by atoms with van der Waals surface area (Å²) in [5.74, 6) is 1.65. The molecule has 0 atom stereocenters. The standard InChI is InChI=1S/C20H23NO3/c1-23-17-9-5-15(6-10-17)20(13-3-4-14-20)19(22)21-16-7-11-18(24-2)12-8-16/h5-12H,3-4,13-14H2,1-2H3,(H,21,22). The van der Waals surface area contributed by atoms with Crippen molar-refractivity contribution in [2.45, 2.75) is 31.1 Å². The van der Waals surface area contributed by atoms with Gasteiger partial charge in [-0.05, 0) is 54.8 Å². The summed E-state index contributed by atoms with van der Waals surface area (Å²) in [6.45, 7) is 0. The Bertz CT molecular complexity index is 686. The molecule has 4 heteroatoms. The molecule has 0 saturated heterocycles. The third-order valence-electron chi connectivity index (χ3n) is 4.88. The molecular weight excluding hydrogens is 302 g/mol. The van der Waals surface area contributed by atoms with E-state index in [1.165, 1.54) is 0 Å². The highest BCUT2D eigenvalue weighted by Crippen LogP contribution is 2.42. The van der Waals surface area contributed by atoms with Crippen LogP contribution in [0.25, 0.3) is 0 Å². The Labute approximate surface area is 142 Å². The number of carbonyl (C=O) groups excluding carboxylic acids is 1. The van der Waals surface area contributed by atoms with E-state index < -0.39 is 5.41 Å². The monoisotopic (exact) mass is 325 g/mol. The van der Waals surface area contributed by atoms with Crippen LogP contribution in [0.1, 0.15) is 31.2 Å². The predicted molar refractivity (Wildman–Crippen MR) is 94.8 cm³/mol. The molecule has 4 nitrogen and oxygen atoms in total. The molecule has 1 fully saturated rings. The van der Waals surface area contributed by atoms with E-state index in [0.717, 1.165) is 48.4 Å². The maximum Gasteiger partial charge on any atom is 0.235 e. The molecule has 1 aliphatic carbocycles. The molecule has 2 aromatic carbocycles. The predicted octanol–water partition coefficient (Wildman–Crippen LogP) is 4.15. The van der Waals surface area contributed by atoms with Crippen LogP contribution in [-0.2, 0) is 10.2 Å². The summed E-state index contributed by atoms with van der Waals surface area (Å²) >= 11 is 0. The fraction of sp³-hybridized carbons (Fsp3) is 0.350. The maximum absolute atomic E-state index is 13.1. The van der Waals surface area contributed by atoms with Crippen LogP contribution in [0.3, 0.4) is 0 Å². The van der Waals surface area contributed by atoms with Gasteiger partial charge in [0, 0.05) is 5.69 Å². The van der Waals surface area contributed by atoms with E-state index in [2.05, 4.69) is 5.32 Å². The van der Waals surface area contributed by atoms with Gasteiger partial charge in [-0.3, -0.25) is 4.79 Å². The third-order valence-corrected chi connectivity index (χ3v) is 4.88. The smallest absolute Gasteiger partial charge is 0.235 e. The molecule has 126 valence electrons. The van der Waals surface area contributed by atoms with Crippen LogP contribution in [0.15, 0.2) is 48.5 Å². The first-order valence-electron chi connectivity index (χ1n) is 8.28. The molecule has 0 bridgehead atoms. The molecule has 1 N–H and O–H groups in total. The molecule has 1 aliphatic rings. The molecule has 0 aliphatic heterocycles. The summed E-state index contributed by atoms with van der Waals surface area (Å²) in [4.78, 5) is 13.1. The summed E-state index contributed by atoms with van der Waals surface area (Å²) in [5, 5.41) is 3.08. The average Bonchev–Trinajstić information content (AvgIpc) is 3.13. The number of carbonyl (C=O) groups is 1.